The summed E-state index contributed by atoms with van der Waals surface area (Å²) in [5.74, 6) is 1.31. The molecule has 2 bridgehead atoms. The zero-order valence-corrected chi connectivity index (χ0v) is 23.9. The highest BCUT2D eigenvalue weighted by atomic mass is 16.5. The monoisotopic (exact) mass is 537 g/mol. The third-order valence-electron chi connectivity index (χ3n) is 8.73. The van der Waals surface area contributed by atoms with Gasteiger partial charge in [-0.25, -0.2) is 0 Å². The highest BCUT2D eigenvalue weighted by molar-refractivity contribution is 5.95. The van der Waals surface area contributed by atoms with Crippen molar-refractivity contribution in [2.24, 2.45) is 0 Å². The number of hydrogen-bond donors (Lipinski definition) is 1. The molecule has 208 valence electrons. The molecule has 2 atom stereocenters. The number of hydrogen-bond acceptors (Lipinski definition) is 4. The smallest absolute Gasteiger partial charge is 0.266 e. The Balaban J connectivity index is 1.09. The lowest BCUT2D eigenvalue weighted by Crippen LogP contribution is -2.55. The van der Waals surface area contributed by atoms with Crippen LogP contribution in [0.1, 0.15) is 67.1 Å². The van der Waals surface area contributed by atoms with Crippen LogP contribution >= 0.6 is 0 Å². The van der Waals surface area contributed by atoms with Crippen LogP contribution in [-0.4, -0.2) is 58.9 Å². The first kappa shape index (κ1) is 26.6. The lowest BCUT2D eigenvalue weighted by Gasteiger charge is -2.35. The number of nitrogens with one attached hydrogen (secondary N) is 1. The van der Waals surface area contributed by atoms with Crippen molar-refractivity contribution in [3.05, 3.63) is 89.0 Å². The SMILES string of the molecule is CC(C)c1ccc(-c2ccc(C(=O)N3CCc4cc(OC(C)(C)C(=O)N5C[C@H]6C[C@@H]5CN6)ccc4C3)cc2)cc1. The maximum absolute atomic E-state index is 13.3. The summed E-state index contributed by atoms with van der Waals surface area (Å²) in [6.07, 6.45) is 1.79. The predicted octanol–water partition coefficient (Wildman–Crippen LogP) is 5.41. The van der Waals surface area contributed by atoms with Crippen molar-refractivity contribution < 1.29 is 14.3 Å². The van der Waals surface area contributed by atoms with Crippen LogP contribution in [0.15, 0.2) is 66.7 Å². The standard InChI is InChI=1S/C34H39N3O3/c1-22(2)23-5-7-24(8-6-23)25-9-11-26(12-10-25)32(38)36-16-15-27-17-31(14-13-28(27)20-36)40-34(3,4)33(39)37-21-29-18-30(37)19-35-29/h5-14,17,22,29-30,35H,15-16,18-21H2,1-4H3/t29-,30-/m1/s1. The number of piperazine rings is 1. The molecule has 0 spiro atoms. The van der Waals surface area contributed by atoms with E-state index in [0.717, 1.165) is 42.6 Å². The third-order valence-corrected chi connectivity index (χ3v) is 8.73. The molecule has 6 heteroatoms. The van der Waals surface area contributed by atoms with Crippen LogP contribution in [0, 0.1) is 0 Å². The molecule has 2 amide bonds. The number of rotatable bonds is 6. The molecule has 3 aromatic rings. The molecule has 1 N–H and O–H groups in total. The first-order valence-corrected chi connectivity index (χ1v) is 14.5. The Morgan fingerprint density at radius 3 is 2.27 bits per heavy atom. The molecule has 3 aliphatic rings. The Labute approximate surface area is 237 Å². The fourth-order valence-electron chi connectivity index (χ4n) is 6.31. The van der Waals surface area contributed by atoms with E-state index in [9.17, 15) is 9.59 Å². The van der Waals surface area contributed by atoms with Gasteiger partial charge in [0.2, 0.25) is 0 Å². The Morgan fingerprint density at radius 1 is 0.950 bits per heavy atom. The fourth-order valence-corrected chi connectivity index (χ4v) is 6.31. The Morgan fingerprint density at radius 2 is 1.65 bits per heavy atom. The van der Waals surface area contributed by atoms with Crippen molar-refractivity contribution >= 4 is 11.8 Å². The Bertz CT molecular complexity index is 1410. The molecule has 2 fully saturated rings. The Hall–Kier alpha value is -3.64. The van der Waals surface area contributed by atoms with Crippen LogP contribution in [-0.2, 0) is 17.8 Å². The number of fused-ring (bicyclic) bond motifs is 3. The van der Waals surface area contributed by atoms with E-state index in [2.05, 4.69) is 43.4 Å². The van der Waals surface area contributed by atoms with Gasteiger partial charge in [0, 0.05) is 43.8 Å². The van der Waals surface area contributed by atoms with E-state index >= 15 is 0 Å². The van der Waals surface area contributed by atoms with Gasteiger partial charge in [0.25, 0.3) is 11.8 Å². The minimum atomic E-state index is -0.933. The number of nitrogens with zero attached hydrogens (tertiary/aromatic N) is 2. The molecule has 0 aliphatic carbocycles. The fraction of sp³-hybridized carbons (Fsp3) is 0.412. The minimum absolute atomic E-state index is 0.0498. The van der Waals surface area contributed by atoms with E-state index in [0.29, 0.717) is 36.4 Å². The van der Waals surface area contributed by atoms with Crippen molar-refractivity contribution in [2.75, 3.05) is 19.6 Å². The summed E-state index contributed by atoms with van der Waals surface area (Å²) in [6, 6.07) is 23.3. The van der Waals surface area contributed by atoms with Gasteiger partial charge in [-0.15, -0.1) is 0 Å². The van der Waals surface area contributed by atoms with E-state index in [1.807, 2.05) is 66.1 Å². The largest absolute Gasteiger partial charge is 0.478 e. The molecule has 3 aliphatic heterocycles. The van der Waals surface area contributed by atoms with Gasteiger partial charge in [-0.2, -0.15) is 0 Å². The third kappa shape index (κ3) is 5.13. The number of benzene rings is 3. The van der Waals surface area contributed by atoms with Crippen LogP contribution in [0.3, 0.4) is 0 Å². The van der Waals surface area contributed by atoms with Gasteiger partial charge < -0.3 is 19.9 Å². The Kier molecular flexibility index (Phi) is 6.91. The summed E-state index contributed by atoms with van der Waals surface area (Å²) >= 11 is 0. The first-order valence-electron chi connectivity index (χ1n) is 14.5. The predicted molar refractivity (Wildman–Crippen MR) is 157 cm³/mol. The van der Waals surface area contributed by atoms with Gasteiger partial charge >= 0.3 is 0 Å². The van der Waals surface area contributed by atoms with Gasteiger partial charge in [0.15, 0.2) is 5.60 Å². The number of carbonyl (C=O) groups is 2. The maximum atomic E-state index is 13.3. The second kappa shape index (κ2) is 10.4. The van der Waals surface area contributed by atoms with Gasteiger partial charge in [0.05, 0.1) is 0 Å². The molecule has 6 nitrogen and oxygen atoms in total. The average Bonchev–Trinajstić information content (AvgIpc) is 3.60. The van der Waals surface area contributed by atoms with Gasteiger partial charge in [0.1, 0.15) is 5.75 Å². The molecule has 0 aromatic heterocycles. The topological polar surface area (TPSA) is 61.9 Å². The summed E-state index contributed by atoms with van der Waals surface area (Å²) in [4.78, 5) is 30.5. The van der Waals surface area contributed by atoms with E-state index < -0.39 is 5.60 Å². The molecule has 0 unspecified atom stereocenters. The molecular formula is C34H39N3O3. The zero-order valence-electron chi connectivity index (χ0n) is 23.9. The number of ether oxygens (including phenoxy) is 1. The lowest BCUT2D eigenvalue weighted by atomic mass is 9.97. The molecule has 0 saturated carbocycles. The van der Waals surface area contributed by atoms with Gasteiger partial charge in [-0.05, 0) is 84.7 Å². The second-order valence-corrected chi connectivity index (χ2v) is 12.3. The minimum Gasteiger partial charge on any atom is -0.478 e. The van der Waals surface area contributed by atoms with E-state index in [1.54, 1.807) is 0 Å². The molecule has 0 radical (unpaired) electrons. The maximum Gasteiger partial charge on any atom is 0.266 e. The summed E-state index contributed by atoms with van der Waals surface area (Å²) in [5.41, 5.74) is 5.66. The molecule has 3 heterocycles. The molecule has 2 saturated heterocycles. The molecule has 6 rings (SSSR count). The van der Waals surface area contributed by atoms with Crippen molar-refractivity contribution in [3.63, 3.8) is 0 Å². The molecule has 3 aromatic carbocycles. The number of amides is 2. The van der Waals surface area contributed by atoms with Gasteiger partial charge in [-0.3, -0.25) is 9.59 Å². The highest BCUT2D eigenvalue weighted by Gasteiger charge is 2.45. The number of carbonyl (C=O) groups excluding carboxylic acids is 2. The summed E-state index contributed by atoms with van der Waals surface area (Å²) in [7, 11) is 0. The van der Waals surface area contributed by atoms with Crippen molar-refractivity contribution in [3.8, 4) is 16.9 Å². The normalized spacial score (nSPS) is 20.1. The van der Waals surface area contributed by atoms with Crippen molar-refractivity contribution in [2.45, 2.75) is 70.7 Å². The van der Waals surface area contributed by atoms with Crippen LogP contribution in [0.4, 0.5) is 0 Å². The average molecular weight is 538 g/mol. The van der Waals surface area contributed by atoms with E-state index in [-0.39, 0.29) is 17.9 Å². The quantitative estimate of drug-likeness (QED) is 0.457. The summed E-state index contributed by atoms with van der Waals surface area (Å²) in [6.45, 7) is 11.0. The highest BCUT2D eigenvalue weighted by Crippen LogP contribution is 2.31. The van der Waals surface area contributed by atoms with Crippen LogP contribution in [0.25, 0.3) is 11.1 Å². The second-order valence-electron chi connectivity index (χ2n) is 12.3. The summed E-state index contributed by atoms with van der Waals surface area (Å²) in [5, 5.41) is 3.45. The van der Waals surface area contributed by atoms with E-state index in [4.69, 9.17) is 4.74 Å². The number of likely N-dealkylation sites (tertiary alicyclic amines) is 1. The van der Waals surface area contributed by atoms with Crippen LogP contribution < -0.4 is 10.1 Å². The van der Waals surface area contributed by atoms with Gasteiger partial charge in [-0.1, -0.05) is 56.3 Å². The van der Waals surface area contributed by atoms with Crippen LogP contribution in [0.2, 0.25) is 0 Å². The summed E-state index contributed by atoms with van der Waals surface area (Å²) < 4.78 is 6.27. The van der Waals surface area contributed by atoms with Crippen molar-refractivity contribution in [1.82, 2.24) is 15.1 Å². The zero-order chi connectivity index (χ0) is 28.0. The first-order chi connectivity index (χ1) is 19.2. The lowest BCUT2D eigenvalue weighted by molar-refractivity contribution is -0.146. The van der Waals surface area contributed by atoms with Crippen molar-refractivity contribution in [1.29, 1.82) is 0 Å². The van der Waals surface area contributed by atoms with E-state index in [1.165, 1.54) is 11.1 Å². The molecular weight excluding hydrogens is 498 g/mol. The molecule has 40 heavy (non-hydrogen) atoms. The van der Waals surface area contributed by atoms with Crippen LogP contribution in [0.5, 0.6) is 5.75 Å².